The molecule has 1 amide bonds. The number of amides is 1. The Labute approximate surface area is 120 Å². The Morgan fingerprint density at radius 2 is 2.00 bits per heavy atom. The van der Waals surface area contributed by atoms with Crippen LogP contribution in [0.15, 0.2) is 28.7 Å². The van der Waals surface area contributed by atoms with E-state index < -0.39 is 5.97 Å². The third-order valence-corrected chi connectivity index (χ3v) is 2.99. The lowest BCUT2D eigenvalue weighted by Crippen LogP contribution is -2.38. The molecule has 0 bridgehead atoms. The third kappa shape index (κ3) is 6.24. The topological polar surface area (TPSA) is 75.6 Å². The van der Waals surface area contributed by atoms with Crippen molar-refractivity contribution in [1.29, 1.82) is 0 Å². The summed E-state index contributed by atoms with van der Waals surface area (Å²) in [4.78, 5) is 22.2. The number of carbonyl (C=O) groups excluding carboxylic acids is 1. The molecule has 0 radical (unpaired) electrons. The lowest BCUT2D eigenvalue weighted by atomic mass is 10.1. The number of carboxylic acid groups (broad SMARTS) is 1. The first-order valence-corrected chi connectivity index (χ1v) is 6.70. The van der Waals surface area contributed by atoms with Crippen LogP contribution in [0.5, 0.6) is 5.75 Å². The molecular weight excluding hydrogens is 314 g/mol. The molecule has 5 nitrogen and oxygen atoms in total. The minimum Gasteiger partial charge on any atom is -0.484 e. The minimum absolute atomic E-state index is 0.0828. The van der Waals surface area contributed by atoms with Crippen LogP contribution in [0, 0.1) is 0 Å². The van der Waals surface area contributed by atoms with Gasteiger partial charge in [-0.05, 0) is 30.7 Å². The molecule has 6 heteroatoms. The van der Waals surface area contributed by atoms with Crippen molar-refractivity contribution in [3.63, 3.8) is 0 Å². The van der Waals surface area contributed by atoms with Crippen LogP contribution in [0.25, 0.3) is 0 Å². The molecule has 1 rings (SSSR count). The molecule has 19 heavy (non-hydrogen) atoms. The Morgan fingerprint density at radius 1 is 1.37 bits per heavy atom. The summed E-state index contributed by atoms with van der Waals surface area (Å²) in [6, 6.07) is 6.75. The summed E-state index contributed by atoms with van der Waals surface area (Å²) in [5.74, 6) is -0.665. The molecule has 0 aliphatic heterocycles. The van der Waals surface area contributed by atoms with E-state index in [4.69, 9.17) is 9.84 Å². The third-order valence-electron chi connectivity index (χ3n) is 2.46. The van der Waals surface area contributed by atoms with E-state index in [1.807, 2.05) is 19.1 Å². The summed E-state index contributed by atoms with van der Waals surface area (Å²) >= 11 is 3.30. The molecule has 1 aromatic carbocycles. The van der Waals surface area contributed by atoms with Gasteiger partial charge in [-0.15, -0.1) is 0 Å². The molecule has 0 fully saturated rings. The molecule has 1 aromatic rings. The van der Waals surface area contributed by atoms with E-state index in [9.17, 15) is 9.59 Å². The van der Waals surface area contributed by atoms with Gasteiger partial charge in [-0.3, -0.25) is 9.59 Å². The molecule has 1 unspecified atom stereocenters. The maximum Gasteiger partial charge on any atom is 0.305 e. The van der Waals surface area contributed by atoms with Gasteiger partial charge in [0.25, 0.3) is 5.91 Å². The average Bonchev–Trinajstić information content (AvgIpc) is 2.36. The second-order valence-electron chi connectivity index (χ2n) is 4.01. The lowest BCUT2D eigenvalue weighted by molar-refractivity contribution is -0.137. The van der Waals surface area contributed by atoms with E-state index in [0.717, 1.165) is 4.47 Å². The fourth-order valence-electron chi connectivity index (χ4n) is 1.46. The van der Waals surface area contributed by atoms with Gasteiger partial charge < -0.3 is 15.2 Å². The molecule has 1 atom stereocenters. The summed E-state index contributed by atoms with van der Waals surface area (Å²) in [5, 5.41) is 11.3. The van der Waals surface area contributed by atoms with Crippen LogP contribution < -0.4 is 10.1 Å². The number of rotatable bonds is 7. The number of carbonyl (C=O) groups is 2. The van der Waals surface area contributed by atoms with E-state index in [1.165, 1.54) is 0 Å². The zero-order valence-electron chi connectivity index (χ0n) is 10.6. The highest BCUT2D eigenvalue weighted by Gasteiger charge is 2.14. The van der Waals surface area contributed by atoms with Crippen molar-refractivity contribution >= 4 is 27.8 Å². The van der Waals surface area contributed by atoms with Crippen molar-refractivity contribution in [3.05, 3.63) is 28.7 Å². The van der Waals surface area contributed by atoms with Gasteiger partial charge in [-0.25, -0.2) is 0 Å². The smallest absolute Gasteiger partial charge is 0.305 e. The van der Waals surface area contributed by atoms with Gasteiger partial charge in [0, 0.05) is 10.5 Å². The van der Waals surface area contributed by atoms with Crippen molar-refractivity contribution in [2.45, 2.75) is 25.8 Å². The maximum absolute atomic E-state index is 11.6. The Balaban J connectivity index is 2.38. The van der Waals surface area contributed by atoms with E-state index in [2.05, 4.69) is 21.2 Å². The number of nitrogens with one attached hydrogen (secondary N) is 1. The van der Waals surface area contributed by atoms with Gasteiger partial charge in [0.15, 0.2) is 6.61 Å². The molecule has 0 saturated carbocycles. The van der Waals surface area contributed by atoms with Crippen molar-refractivity contribution in [2.24, 2.45) is 0 Å². The zero-order chi connectivity index (χ0) is 14.3. The van der Waals surface area contributed by atoms with Crippen LogP contribution in [-0.2, 0) is 9.59 Å². The van der Waals surface area contributed by atoms with Gasteiger partial charge in [0.1, 0.15) is 5.75 Å². The van der Waals surface area contributed by atoms with Gasteiger partial charge in [-0.2, -0.15) is 0 Å². The molecule has 0 aliphatic carbocycles. The highest BCUT2D eigenvalue weighted by Crippen LogP contribution is 2.15. The van der Waals surface area contributed by atoms with E-state index in [1.54, 1.807) is 12.1 Å². The summed E-state index contributed by atoms with van der Waals surface area (Å²) in [5.41, 5.74) is 0. The fraction of sp³-hybridized carbons (Fsp3) is 0.385. The molecule has 0 aromatic heterocycles. The van der Waals surface area contributed by atoms with Crippen LogP contribution in [0.3, 0.4) is 0 Å². The number of carboxylic acids is 1. The van der Waals surface area contributed by atoms with Crippen molar-refractivity contribution in [1.82, 2.24) is 5.32 Å². The second-order valence-corrected chi connectivity index (χ2v) is 4.93. The van der Waals surface area contributed by atoms with Gasteiger partial charge in [0.2, 0.25) is 0 Å². The van der Waals surface area contributed by atoms with Gasteiger partial charge in [0.05, 0.1) is 6.42 Å². The largest absolute Gasteiger partial charge is 0.484 e. The first-order chi connectivity index (χ1) is 9.01. The number of hydrogen-bond donors (Lipinski definition) is 2. The minimum atomic E-state index is -0.930. The van der Waals surface area contributed by atoms with Crippen LogP contribution in [0.2, 0.25) is 0 Å². The molecule has 0 aliphatic rings. The summed E-state index contributed by atoms with van der Waals surface area (Å²) in [6.45, 7) is 1.70. The normalized spacial score (nSPS) is 11.7. The van der Waals surface area contributed by atoms with E-state index >= 15 is 0 Å². The quantitative estimate of drug-likeness (QED) is 0.804. The Hall–Kier alpha value is -1.56. The Kier molecular flexibility index (Phi) is 6.35. The number of benzene rings is 1. The van der Waals surface area contributed by atoms with Gasteiger partial charge in [-0.1, -0.05) is 22.9 Å². The predicted octanol–water partition coefficient (Wildman–Crippen LogP) is 2.20. The fourth-order valence-corrected chi connectivity index (χ4v) is 1.72. The second kappa shape index (κ2) is 7.78. The SMILES string of the molecule is CCC(CC(=O)O)NC(=O)COc1ccc(Br)cc1. The van der Waals surface area contributed by atoms with Crippen LogP contribution in [-0.4, -0.2) is 29.6 Å². The molecule has 0 heterocycles. The Morgan fingerprint density at radius 3 is 2.53 bits per heavy atom. The highest BCUT2D eigenvalue weighted by molar-refractivity contribution is 9.10. The number of aliphatic carboxylic acids is 1. The van der Waals surface area contributed by atoms with Crippen molar-refractivity contribution in [2.75, 3.05) is 6.61 Å². The monoisotopic (exact) mass is 329 g/mol. The zero-order valence-corrected chi connectivity index (χ0v) is 12.1. The molecular formula is C13H16BrNO4. The van der Waals surface area contributed by atoms with Crippen molar-refractivity contribution < 1.29 is 19.4 Å². The lowest BCUT2D eigenvalue weighted by Gasteiger charge is -2.15. The van der Waals surface area contributed by atoms with Crippen LogP contribution in [0.4, 0.5) is 0 Å². The maximum atomic E-state index is 11.6. The standard InChI is InChI=1S/C13H16BrNO4/c1-2-10(7-13(17)18)15-12(16)8-19-11-5-3-9(14)4-6-11/h3-6,10H,2,7-8H2,1H3,(H,15,16)(H,17,18). The number of ether oxygens (including phenoxy) is 1. The molecule has 0 saturated heterocycles. The summed E-state index contributed by atoms with van der Waals surface area (Å²) < 4.78 is 6.22. The first kappa shape index (κ1) is 15.5. The number of halogens is 1. The number of hydrogen-bond acceptors (Lipinski definition) is 3. The molecule has 2 N–H and O–H groups in total. The van der Waals surface area contributed by atoms with E-state index in [-0.39, 0.29) is 25.0 Å². The van der Waals surface area contributed by atoms with Crippen LogP contribution in [0.1, 0.15) is 19.8 Å². The van der Waals surface area contributed by atoms with Gasteiger partial charge >= 0.3 is 5.97 Å². The highest BCUT2D eigenvalue weighted by atomic mass is 79.9. The summed E-state index contributed by atoms with van der Waals surface area (Å²) in [7, 11) is 0. The predicted molar refractivity (Wildman–Crippen MR) is 74.1 cm³/mol. The Bertz CT molecular complexity index is 433. The molecule has 104 valence electrons. The molecule has 0 spiro atoms. The van der Waals surface area contributed by atoms with Crippen LogP contribution >= 0.6 is 15.9 Å². The van der Waals surface area contributed by atoms with E-state index in [0.29, 0.717) is 12.2 Å². The first-order valence-electron chi connectivity index (χ1n) is 5.90. The summed E-state index contributed by atoms with van der Waals surface area (Å²) in [6.07, 6.45) is 0.483. The average molecular weight is 330 g/mol. The van der Waals surface area contributed by atoms with Crippen molar-refractivity contribution in [3.8, 4) is 5.75 Å².